The molecule has 1 unspecified atom stereocenters. The van der Waals surface area contributed by atoms with Crippen molar-refractivity contribution in [2.24, 2.45) is 0 Å². The molecule has 2 aromatic rings. The van der Waals surface area contributed by atoms with Crippen LogP contribution in [-0.2, 0) is 6.42 Å². The van der Waals surface area contributed by atoms with Gasteiger partial charge >= 0.3 is 0 Å². The maximum Gasteiger partial charge on any atom is 0.123 e. The van der Waals surface area contributed by atoms with E-state index in [-0.39, 0.29) is 36.7 Å². The molecule has 0 bridgehead atoms. The molecule has 1 saturated heterocycles. The largest absolute Gasteiger partial charge is 0.314 e. The summed E-state index contributed by atoms with van der Waals surface area (Å²) in [7, 11) is 0. The molecule has 7 heteroatoms. The molecule has 0 radical (unpaired) electrons. The minimum atomic E-state index is -0.156. The second-order valence-corrected chi connectivity index (χ2v) is 6.36. The standard InChI is InChI=1S/C16H20FN3S.2ClH/c1-12-16(21-11-19-12)5-7-20-8-6-18-10-15(20)13-3-2-4-14(17)9-13;;/h2-4,9,11,15,18H,5-8,10H2,1H3;2*1H. The van der Waals surface area contributed by atoms with Crippen LogP contribution in [-0.4, -0.2) is 36.1 Å². The zero-order valence-corrected chi connectivity index (χ0v) is 15.4. The van der Waals surface area contributed by atoms with Gasteiger partial charge in [0.15, 0.2) is 0 Å². The van der Waals surface area contributed by atoms with Gasteiger partial charge in [0, 0.05) is 37.1 Å². The number of piperazine rings is 1. The summed E-state index contributed by atoms with van der Waals surface area (Å²) >= 11 is 1.72. The summed E-state index contributed by atoms with van der Waals surface area (Å²) < 4.78 is 13.5. The van der Waals surface area contributed by atoms with Crippen LogP contribution in [0.3, 0.4) is 0 Å². The first kappa shape index (κ1) is 20.3. The van der Waals surface area contributed by atoms with E-state index in [2.05, 4.69) is 22.1 Å². The number of aromatic nitrogens is 1. The Kier molecular flexibility index (Phi) is 8.44. The van der Waals surface area contributed by atoms with Gasteiger partial charge in [-0.2, -0.15) is 0 Å². The Labute approximate surface area is 153 Å². The molecule has 3 nitrogen and oxygen atoms in total. The van der Waals surface area contributed by atoms with Crippen molar-refractivity contribution in [1.29, 1.82) is 0 Å². The normalized spacial score (nSPS) is 18.1. The number of hydrogen-bond donors (Lipinski definition) is 1. The molecule has 1 aliphatic rings. The highest BCUT2D eigenvalue weighted by Crippen LogP contribution is 2.24. The molecule has 0 aliphatic carbocycles. The zero-order valence-electron chi connectivity index (χ0n) is 13.0. The van der Waals surface area contributed by atoms with Crippen LogP contribution in [0, 0.1) is 12.7 Å². The Morgan fingerprint density at radius 2 is 2.22 bits per heavy atom. The molecule has 0 amide bonds. The molecule has 1 atom stereocenters. The average molecular weight is 378 g/mol. The quantitative estimate of drug-likeness (QED) is 0.881. The van der Waals surface area contributed by atoms with Crippen LogP contribution in [0.2, 0.25) is 0 Å². The van der Waals surface area contributed by atoms with Gasteiger partial charge in [0.1, 0.15) is 5.82 Å². The van der Waals surface area contributed by atoms with Crippen LogP contribution in [0.1, 0.15) is 22.2 Å². The fraction of sp³-hybridized carbons (Fsp3) is 0.438. The predicted molar refractivity (Wildman–Crippen MR) is 98.6 cm³/mol. The highest BCUT2D eigenvalue weighted by atomic mass is 35.5. The molecule has 0 spiro atoms. The fourth-order valence-corrected chi connectivity index (χ4v) is 3.64. The van der Waals surface area contributed by atoms with Crippen LogP contribution in [0.15, 0.2) is 29.8 Å². The lowest BCUT2D eigenvalue weighted by molar-refractivity contribution is 0.164. The fourth-order valence-electron chi connectivity index (χ4n) is 2.87. The molecule has 1 aromatic carbocycles. The van der Waals surface area contributed by atoms with E-state index in [1.165, 1.54) is 10.9 Å². The number of thiazole rings is 1. The molecule has 1 aliphatic heterocycles. The van der Waals surface area contributed by atoms with Gasteiger partial charge in [-0.25, -0.2) is 9.37 Å². The van der Waals surface area contributed by atoms with E-state index in [9.17, 15) is 4.39 Å². The van der Waals surface area contributed by atoms with Gasteiger partial charge in [0.2, 0.25) is 0 Å². The predicted octanol–water partition coefficient (Wildman–Crippen LogP) is 3.62. The third-order valence-electron chi connectivity index (χ3n) is 4.06. The van der Waals surface area contributed by atoms with Crippen molar-refractivity contribution >= 4 is 36.2 Å². The lowest BCUT2D eigenvalue weighted by Crippen LogP contribution is -2.46. The Hall–Kier alpha value is -0.720. The Balaban J connectivity index is 0.00000132. The highest BCUT2D eigenvalue weighted by Gasteiger charge is 2.23. The molecule has 2 heterocycles. The van der Waals surface area contributed by atoms with E-state index in [0.29, 0.717) is 0 Å². The van der Waals surface area contributed by atoms with Gasteiger partial charge in [0.05, 0.1) is 11.2 Å². The van der Waals surface area contributed by atoms with E-state index >= 15 is 0 Å². The smallest absolute Gasteiger partial charge is 0.123 e. The topological polar surface area (TPSA) is 28.2 Å². The summed E-state index contributed by atoms with van der Waals surface area (Å²) in [5.74, 6) is -0.156. The summed E-state index contributed by atoms with van der Waals surface area (Å²) in [4.78, 5) is 8.11. The van der Waals surface area contributed by atoms with E-state index in [1.807, 2.05) is 11.6 Å². The molecular weight excluding hydrogens is 356 g/mol. The second kappa shape index (κ2) is 9.55. The maximum absolute atomic E-state index is 13.5. The van der Waals surface area contributed by atoms with Crippen molar-refractivity contribution in [2.45, 2.75) is 19.4 Å². The van der Waals surface area contributed by atoms with Crippen LogP contribution < -0.4 is 5.32 Å². The molecule has 0 saturated carbocycles. The number of hydrogen-bond acceptors (Lipinski definition) is 4. The van der Waals surface area contributed by atoms with Gasteiger partial charge in [0.25, 0.3) is 0 Å². The monoisotopic (exact) mass is 377 g/mol. The summed E-state index contributed by atoms with van der Waals surface area (Å²) in [5.41, 5.74) is 4.10. The lowest BCUT2D eigenvalue weighted by Gasteiger charge is -2.36. The summed E-state index contributed by atoms with van der Waals surface area (Å²) in [6.07, 6.45) is 1.02. The number of nitrogens with zero attached hydrogens (tertiary/aromatic N) is 2. The van der Waals surface area contributed by atoms with Gasteiger partial charge in [-0.05, 0) is 31.0 Å². The van der Waals surface area contributed by atoms with E-state index in [1.54, 1.807) is 23.5 Å². The molecule has 1 aromatic heterocycles. The summed E-state index contributed by atoms with van der Waals surface area (Å²) in [6.45, 7) is 5.93. The van der Waals surface area contributed by atoms with Crippen molar-refractivity contribution in [2.75, 3.05) is 26.2 Å². The van der Waals surface area contributed by atoms with Crippen LogP contribution >= 0.6 is 36.2 Å². The van der Waals surface area contributed by atoms with Gasteiger partial charge in [-0.1, -0.05) is 12.1 Å². The molecule has 1 fully saturated rings. The Bertz CT molecular complexity index is 609. The Morgan fingerprint density at radius 3 is 2.91 bits per heavy atom. The molecule has 23 heavy (non-hydrogen) atoms. The number of nitrogens with one attached hydrogen (secondary N) is 1. The van der Waals surface area contributed by atoms with Gasteiger partial charge in [-0.15, -0.1) is 36.2 Å². The first-order valence-electron chi connectivity index (χ1n) is 7.33. The zero-order chi connectivity index (χ0) is 14.7. The van der Waals surface area contributed by atoms with Crippen molar-refractivity contribution in [3.8, 4) is 0 Å². The van der Waals surface area contributed by atoms with Crippen molar-refractivity contribution in [1.82, 2.24) is 15.2 Å². The first-order chi connectivity index (χ1) is 10.2. The Morgan fingerprint density at radius 1 is 1.39 bits per heavy atom. The first-order valence-corrected chi connectivity index (χ1v) is 8.21. The number of rotatable bonds is 4. The lowest BCUT2D eigenvalue weighted by atomic mass is 10.0. The van der Waals surface area contributed by atoms with Gasteiger partial charge < -0.3 is 5.32 Å². The van der Waals surface area contributed by atoms with Crippen molar-refractivity contribution in [3.63, 3.8) is 0 Å². The van der Waals surface area contributed by atoms with Crippen LogP contribution in [0.5, 0.6) is 0 Å². The SMILES string of the molecule is Cc1ncsc1CCN1CCNCC1c1cccc(F)c1.Cl.Cl. The van der Waals surface area contributed by atoms with Gasteiger partial charge in [-0.3, -0.25) is 4.90 Å². The maximum atomic E-state index is 13.5. The van der Waals surface area contributed by atoms with E-state index in [0.717, 1.165) is 43.9 Å². The van der Waals surface area contributed by atoms with Crippen molar-refractivity contribution < 1.29 is 4.39 Å². The number of halogens is 3. The highest BCUT2D eigenvalue weighted by molar-refractivity contribution is 7.09. The van der Waals surface area contributed by atoms with Crippen LogP contribution in [0.25, 0.3) is 0 Å². The molecule has 1 N–H and O–H groups in total. The van der Waals surface area contributed by atoms with E-state index in [4.69, 9.17) is 0 Å². The van der Waals surface area contributed by atoms with E-state index < -0.39 is 0 Å². The van der Waals surface area contributed by atoms with Crippen molar-refractivity contribution in [3.05, 3.63) is 51.7 Å². The van der Waals surface area contributed by atoms with Crippen LogP contribution in [0.4, 0.5) is 4.39 Å². The minimum absolute atomic E-state index is 0. The number of benzene rings is 1. The molecule has 128 valence electrons. The minimum Gasteiger partial charge on any atom is -0.314 e. The molecular formula is C16H22Cl2FN3S. The molecule has 3 rings (SSSR count). The second-order valence-electron chi connectivity index (χ2n) is 5.42. The summed E-state index contributed by atoms with van der Waals surface area (Å²) in [5, 5.41) is 3.41. The third-order valence-corrected chi connectivity index (χ3v) is 5.05. The summed E-state index contributed by atoms with van der Waals surface area (Å²) in [6, 6.07) is 7.23. The average Bonchev–Trinajstić information content (AvgIpc) is 2.91. The third kappa shape index (κ3) is 5.13. The number of aryl methyl sites for hydroxylation is 1.